The number of fused-ring (bicyclic) bond motifs is 1. The molecule has 0 aromatic rings. The monoisotopic (exact) mass is 197 g/mol. The molecule has 78 valence electrons. The lowest BCUT2D eigenvalue weighted by Crippen LogP contribution is -2.57. The van der Waals surface area contributed by atoms with Crippen molar-refractivity contribution in [1.82, 2.24) is 4.90 Å². The van der Waals surface area contributed by atoms with Gasteiger partial charge in [0.1, 0.15) is 0 Å². The predicted molar refractivity (Wildman–Crippen MR) is 49.8 cm³/mol. The lowest BCUT2D eigenvalue weighted by molar-refractivity contribution is -0.159. The Morgan fingerprint density at radius 1 is 1.43 bits per heavy atom. The maximum Gasteiger partial charge on any atom is 0.334 e. The highest BCUT2D eigenvalue weighted by molar-refractivity contribution is 6.10. The van der Waals surface area contributed by atoms with E-state index in [1.807, 2.05) is 4.90 Å². The summed E-state index contributed by atoms with van der Waals surface area (Å²) in [7, 11) is 1.36. The number of esters is 1. The normalized spacial score (nSPS) is 32.8. The fraction of sp³-hybridized carbons (Fsp3) is 0.800. The van der Waals surface area contributed by atoms with Gasteiger partial charge in [0, 0.05) is 13.0 Å². The molecule has 1 atom stereocenters. The number of rotatable bonds is 1. The summed E-state index contributed by atoms with van der Waals surface area (Å²) in [4.78, 5) is 25.5. The molecule has 2 aliphatic heterocycles. The van der Waals surface area contributed by atoms with Crippen molar-refractivity contribution in [2.24, 2.45) is 0 Å². The van der Waals surface area contributed by atoms with Crippen LogP contribution in [-0.2, 0) is 14.3 Å². The molecule has 1 unspecified atom stereocenters. The molecule has 0 aliphatic carbocycles. The van der Waals surface area contributed by atoms with Crippen molar-refractivity contribution in [3.05, 3.63) is 0 Å². The second kappa shape index (κ2) is 3.35. The quantitative estimate of drug-likeness (QED) is 0.449. The number of Topliss-reactive ketones (excluding diaryl/α,β-unsaturated/α-hetero) is 1. The summed E-state index contributed by atoms with van der Waals surface area (Å²) < 4.78 is 4.76. The first-order valence-corrected chi connectivity index (χ1v) is 5.08. The average molecular weight is 197 g/mol. The highest BCUT2D eigenvalue weighted by Crippen LogP contribution is 2.35. The Morgan fingerprint density at radius 2 is 2.21 bits per heavy atom. The van der Waals surface area contributed by atoms with Crippen molar-refractivity contribution in [2.45, 2.75) is 31.2 Å². The SMILES string of the molecule is COC(=O)C12CCCCN1CCC2=O. The predicted octanol–water partition coefficient (Wildman–Crippen LogP) is 0.357. The molecule has 2 aliphatic rings. The Balaban J connectivity index is 2.33. The van der Waals surface area contributed by atoms with E-state index >= 15 is 0 Å². The molecule has 0 amide bonds. The molecule has 2 saturated heterocycles. The number of piperidine rings is 1. The van der Waals surface area contributed by atoms with Crippen molar-refractivity contribution in [3.8, 4) is 0 Å². The van der Waals surface area contributed by atoms with Gasteiger partial charge >= 0.3 is 5.97 Å². The zero-order valence-electron chi connectivity index (χ0n) is 8.41. The summed E-state index contributed by atoms with van der Waals surface area (Å²) in [5.41, 5.74) is -0.910. The summed E-state index contributed by atoms with van der Waals surface area (Å²) in [5.74, 6) is -0.316. The first kappa shape index (κ1) is 9.65. The van der Waals surface area contributed by atoms with Crippen molar-refractivity contribution >= 4 is 11.8 Å². The van der Waals surface area contributed by atoms with E-state index in [0.717, 1.165) is 19.4 Å². The fourth-order valence-electron chi connectivity index (χ4n) is 2.61. The molecule has 2 rings (SSSR count). The standard InChI is InChI=1S/C10H15NO3/c1-14-9(13)10-5-2-3-6-11(10)7-4-8(10)12/h2-7H2,1H3. The van der Waals surface area contributed by atoms with Gasteiger partial charge in [-0.15, -0.1) is 0 Å². The van der Waals surface area contributed by atoms with Gasteiger partial charge in [0.2, 0.25) is 0 Å². The summed E-state index contributed by atoms with van der Waals surface area (Å²) >= 11 is 0. The van der Waals surface area contributed by atoms with Crippen LogP contribution in [0.4, 0.5) is 0 Å². The third-order valence-electron chi connectivity index (χ3n) is 3.35. The topological polar surface area (TPSA) is 46.6 Å². The molecule has 4 heteroatoms. The summed E-state index contributed by atoms with van der Waals surface area (Å²) in [6, 6.07) is 0. The number of methoxy groups -OCH3 is 1. The minimum Gasteiger partial charge on any atom is -0.467 e. The van der Waals surface area contributed by atoms with Crippen molar-refractivity contribution in [2.75, 3.05) is 20.2 Å². The molecule has 14 heavy (non-hydrogen) atoms. The van der Waals surface area contributed by atoms with Gasteiger partial charge in [-0.05, 0) is 25.8 Å². The number of ketones is 1. The van der Waals surface area contributed by atoms with Gasteiger partial charge in [-0.2, -0.15) is 0 Å². The maximum absolute atomic E-state index is 11.8. The van der Waals surface area contributed by atoms with E-state index in [1.165, 1.54) is 7.11 Å². The summed E-state index contributed by atoms with van der Waals surface area (Å²) in [6.07, 6.45) is 3.15. The van der Waals surface area contributed by atoms with Crippen LogP contribution in [0.25, 0.3) is 0 Å². The first-order chi connectivity index (χ1) is 6.71. The third kappa shape index (κ3) is 1.10. The number of hydrogen-bond donors (Lipinski definition) is 0. The molecular weight excluding hydrogens is 182 g/mol. The van der Waals surface area contributed by atoms with Crippen LogP contribution in [0.15, 0.2) is 0 Å². The third-order valence-corrected chi connectivity index (χ3v) is 3.35. The van der Waals surface area contributed by atoms with Crippen molar-refractivity contribution in [1.29, 1.82) is 0 Å². The smallest absolute Gasteiger partial charge is 0.334 e. The van der Waals surface area contributed by atoms with E-state index in [9.17, 15) is 9.59 Å². The largest absolute Gasteiger partial charge is 0.467 e. The average Bonchev–Trinajstić information content (AvgIpc) is 2.57. The number of hydrogen-bond acceptors (Lipinski definition) is 4. The Kier molecular flexibility index (Phi) is 2.31. The maximum atomic E-state index is 11.8. The molecule has 0 aromatic heterocycles. The number of carbonyl (C=O) groups is 2. The molecule has 0 saturated carbocycles. The van der Waals surface area contributed by atoms with Crippen LogP contribution in [0.1, 0.15) is 25.7 Å². The van der Waals surface area contributed by atoms with Crippen molar-refractivity contribution in [3.63, 3.8) is 0 Å². The highest BCUT2D eigenvalue weighted by Gasteiger charge is 2.55. The molecule has 0 spiro atoms. The van der Waals surface area contributed by atoms with Gasteiger partial charge in [0.05, 0.1) is 7.11 Å². The first-order valence-electron chi connectivity index (χ1n) is 5.08. The van der Waals surface area contributed by atoms with Gasteiger partial charge < -0.3 is 4.74 Å². The van der Waals surface area contributed by atoms with Gasteiger partial charge in [-0.25, -0.2) is 4.79 Å². The van der Waals surface area contributed by atoms with Crippen LogP contribution in [-0.4, -0.2) is 42.4 Å². The zero-order chi connectivity index (χ0) is 10.2. The lowest BCUT2D eigenvalue weighted by Gasteiger charge is -2.37. The lowest BCUT2D eigenvalue weighted by atomic mass is 9.85. The van der Waals surface area contributed by atoms with Crippen LogP contribution >= 0.6 is 0 Å². The second-order valence-corrected chi connectivity index (χ2v) is 3.97. The molecule has 0 aromatic carbocycles. The van der Waals surface area contributed by atoms with Crippen LogP contribution in [0.5, 0.6) is 0 Å². The van der Waals surface area contributed by atoms with Crippen LogP contribution in [0, 0.1) is 0 Å². The van der Waals surface area contributed by atoms with E-state index in [0.29, 0.717) is 19.4 Å². The molecule has 2 fully saturated rings. The fourth-order valence-corrected chi connectivity index (χ4v) is 2.61. The minimum absolute atomic E-state index is 0.0454. The summed E-state index contributed by atoms with van der Waals surface area (Å²) in [6.45, 7) is 1.56. The zero-order valence-corrected chi connectivity index (χ0v) is 8.41. The van der Waals surface area contributed by atoms with E-state index < -0.39 is 5.54 Å². The Bertz CT molecular complexity index is 277. The Labute approximate surface area is 83.2 Å². The molecule has 2 heterocycles. The highest BCUT2D eigenvalue weighted by atomic mass is 16.5. The van der Waals surface area contributed by atoms with Gasteiger partial charge in [-0.1, -0.05) is 0 Å². The van der Waals surface area contributed by atoms with E-state index in [4.69, 9.17) is 4.74 Å². The molecule has 0 bridgehead atoms. The van der Waals surface area contributed by atoms with Gasteiger partial charge in [-0.3, -0.25) is 9.69 Å². The van der Waals surface area contributed by atoms with Crippen LogP contribution in [0.2, 0.25) is 0 Å². The number of nitrogens with zero attached hydrogens (tertiary/aromatic N) is 1. The summed E-state index contributed by atoms with van der Waals surface area (Å²) in [5, 5.41) is 0. The molecule has 0 radical (unpaired) electrons. The van der Waals surface area contributed by atoms with Crippen LogP contribution in [0.3, 0.4) is 0 Å². The number of ether oxygens (including phenoxy) is 1. The van der Waals surface area contributed by atoms with E-state index in [1.54, 1.807) is 0 Å². The Hall–Kier alpha value is -0.900. The minimum atomic E-state index is -0.910. The molecule has 0 N–H and O–H groups in total. The van der Waals surface area contributed by atoms with Gasteiger partial charge in [0.15, 0.2) is 11.3 Å². The molecule has 4 nitrogen and oxygen atoms in total. The Morgan fingerprint density at radius 3 is 2.93 bits per heavy atom. The van der Waals surface area contributed by atoms with Crippen LogP contribution < -0.4 is 0 Å². The van der Waals surface area contributed by atoms with E-state index in [2.05, 4.69) is 0 Å². The second-order valence-electron chi connectivity index (χ2n) is 3.97. The van der Waals surface area contributed by atoms with E-state index in [-0.39, 0.29) is 11.8 Å². The molecular formula is C10H15NO3. The number of carbonyl (C=O) groups excluding carboxylic acids is 2. The van der Waals surface area contributed by atoms with Crippen molar-refractivity contribution < 1.29 is 14.3 Å². The van der Waals surface area contributed by atoms with Gasteiger partial charge in [0.25, 0.3) is 0 Å².